The molecule has 2 atom stereocenters. The summed E-state index contributed by atoms with van der Waals surface area (Å²) in [6, 6.07) is 2.38. The van der Waals surface area contributed by atoms with Crippen LogP contribution in [0.3, 0.4) is 0 Å². The summed E-state index contributed by atoms with van der Waals surface area (Å²) in [5, 5.41) is 0. The Morgan fingerprint density at radius 3 is 2.70 bits per heavy atom. The van der Waals surface area contributed by atoms with Gasteiger partial charge in [0.15, 0.2) is 0 Å². The van der Waals surface area contributed by atoms with E-state index in [1.165, 1.54) is 4.31 Å². The molecule has 1 saturated heterocycles. The molecule has 0 spiro atoms. The van der Waals surface area contributed by atoms with E-state index in [0.29, 0.717) is 19.0 Å². The molecule has 1 aliphatic heterocycles. The van der Waals surface area contributed by atoms with Crippen molar-refractivity contribution in [2.45, 2.75) is 30.7 Å². The maximum absolute atomic E-state index is 13.7. The summed E-state index contributed by atoms with van der Waals surface area (Å²) in [7, 11) is -3.94. The molecule has 2 rings (SSSR count). The van der Waals surface area contributed by atoms with Crippen molar-refractivity contribution < 1.29 is 17.2 Å². The lowest BCUT2D eigenvalue weighted by Gasteiger charge is -2.33. The normalized spacial score (nSPS) is 22.7. The highest BCUT2D eigenvalue weighted by Crippen LogP contribution is 2.26. The van der Waals surface area contributed by atoms with Crippen LogP contribution in [-0.2, 0) is 10.0 Å². The Hall–Kier alpha value is -1.05. The van der Waals surface area contributed by atoms with Gasteiger partial charge in [0.2, 0.25) is 10.0 Å². The van der Waals surface area contributed by atoms with Crippen LogP contribution in [-0.4, -0.2) is 31.9 Å². The largest absolute Gasteiger partial charge is 0.328 e. The Morgan fingerprint density at radius 2 is 2.10 bits per heavy atom. The average molecular weight is 304 g/mol. The van der Waals surface area contributed by atoms with E-state index in [9.17, 15) is 17.2 Å². The maximum Gasteiger partial charge on any atom is 0.245 e. The van der Waals surface area contributed by atoms with Gasteiger partial charge in [-0.1, -0.05) is 0 Å². The third kappa shape index (κ3) is 2.99. The molecule has 1 aromatic carbocycles. The molecule has 0 aromatic heterocycles. The number of rotatable bonds is 3. The fourth-order valence-electron chi connectivity index (χ4n) is 2.44. The van der Waals surface area contributed by atoms with Gasteiger partial charge in [-0.05, 0) is 37.8 Å². The Bertz CT molecular complexity index is 590. The molecular formula is C13H18F2N2O2S. The van der Waals surface area contributed by atoms with Gasteiger partial charge in [-0.15, -0.1) is 0 Å². The molecule has 0 aliphatic carbocycles. The van der Waals surface area contributed by atoms with Crippen molar-refractivity contribution >= 4 is 10.0 Å². The van der Waals surface area contributed by atoms with E-state index in [-0.39, 0.29) is 18.5 Å². The highest BCUT2D eigenvalue weighted by molar-refractivity contribution is 7.89. The van der Waals surface area contributed by atoms with Crippen LogP contribution < -0.4 is 5.73 Å². The first-order valence-corrected chi connectivity index (χ1v) is 7.97. The van der Waals surface area contributed by atoms with Crippen molar-refractivity contribution in [2.24, 2.45) is 11.7 Å². The molecule has 7 heteroatoms. The second kappa shape index (κ2) is 5.75. The van der Waals surface area contributed by atoms with Gasteiger partial charge in [-0.2, -0.15) is 4.31 Å². The quantitative estimate of drug-likeness (QED) is 0.924. The van der Waals surface area contributed by atoms with Crippen LogP contribution in [0.4, 0.5) is 8.78 Å². The van der Waals surface area contributed by atoms with Crippen molar-refractivity contribution in [3.05, 3.63) is 29.8 Å². The third-order valence-corrected chi connectivity index (χ3v) is 5.57. The zero-order valence-electron chi connectivity index (χ0n) is 11.2. The highest BCUT2D eigenvalue weighted by atomic mass is 32.2. The smallest absolute Gasteiger partial charge is 0.245 e. The molecule has 0 unspecified atom stereocenters. The van der Waals surface area contributed by atoms with E-state index >= 15 is 0 Å². The van der Waals surface area contributed by atoms with Crippen LogP contribution in [0, 0.1) is 17.6 Å². The van der Waals surface area contributed by atoms with Crippen LogP contribution in [0.1, 0.15) is 19.8 Å². The summed E-state index contributed by atoms with van der Waals surface area (Å²) in [6.45, 7) is 2.44. The predicted molar refractivity (Wildman–Crippen MR) is 71.5 cm³/mol. The van der Waals surface area contributed by atoms with Gasteiger partial charge < -0.3 is 5.73 Å². The number of nitrogens with zero attached hydrogens (tertiary/aromatic N) is 1. The van der Waals surface area contributed by atoms with Crippen molar-refractivity contribution in [3.63, 3.8) is 0 Å². The molecule has 20 heavy (non-hydrogen) atoms. The summed E-state index contributed by atoms with van der Waals surface area (Å²) in [5.41, 5.74) is 5.82. The van der Waals surface area contributed by atoms with E-state index in [1.807, 2.05) is 6.92 Å². The van der Waals surface area contributed by atoms with Crippen LogP contribution in [0.15, 0.2) is 23.1 Å². The third-order valence-electron chi connectivity index (χ3n) is 3.68. The second-order valence-electron chi connectivity index (χ2n) is 5.20. The molecule has 0 saturated carbocycles. The Morgan fingerprint density at radius 1 is 1.40 bits per heavy atom. The van der Waals surface area contributed by atoms with E-state index in [2.05, 4.69) is 0 Å². The molecule has 1 fully saturated rings. The SMILES string of the molecule is C[C@H](N)[C@H]1CCCN(S(=O)(=O)c2ccc(F)cc2F)C1. The summed E-state index contributed by atoms with van der Waals surface area (Å²) in [5.74, 6) is -1.80. The van der Waals surface area contributed by atoms with Gasteiger partial charge >= 0.3 is 0 Å². The zero-order chi connectivity index (χ0) is 14.9. The molecule has 1 aromatic rings. The Balaban J connectivity index is 2.30. The first-order valence-electron chi connectivity index (χ1n) is 6.53. The van der Waals surface area contributed by atoms with Crippen LogP contribution in [0.25, 0.3) is 0 Å². The maximum atomic E-state index is 13.7. The number of sulfonamides is 1. The van der Waals surface area contributed by atoms with Gasteiger partial charge in [0.1, 0.15) is 16.5 Å². The molecule has 2 N–H and O–H groups in total. The fourth-order valence-corrected chi connectivity index (χ4v) is 4.03. The number of piperidine rings is 1. The molecule has 1 heterocycles. The molecule has 0 radical (unpaired) electrons. The molecular weight excluding hydrogens is 286 g/mol. The lowest BCUT2D eigenvalue weighted by Crippen LogP contribution is -2.45. The number of nitrogens with two attached hydrogens (primary N) is 1. The van der Waals surface area contributed by atoms with Gasteiger partial charge in [0, 0.05) is 25.2 Å². The Kier molecular flexibility index (Phi) is 4.41. The molecule has 0 amide bonds. The van der Waals surface area contributed by atoms with E-state index in [0.717, 1.165) is 18.6 Å². The van der Waals surface area contributed by atoms with E-state index in [4.69, 9.17) is 5.73 Å². The lowest BCUT2D eigenvalue weighted by atomic mass is 9.93. The second-order valence-corrected chi connectivity index (χ2v) is 7.11. The average Bonchev–Trinajstić information content (AvgIpc) is 2.38. The summed E-state index contributed by atoms with van der Waals surface area (Å²) in [6.07, 6.45) is 1.55. The monoisotopic (exact) mass is 304 g/mol. The minimum absolute atomic E-state index is 0.0574. The number of benzene rings is 1. The molecule has 0 bridgehead atoms. The van der Waals surface area contributed by atoms with E-state index in [1.54, 1.807) is 0 Å². The van der Waals surface area contributed by atoms with Gasteiger partial charge in [0.25, 0.3) is 0 Å². The van der Waals surface area contributed by atoms with Crippen LogP contribution >= 0.6 is 0 Å². The molecule has 4 nitrogen and oxygen atoms in total. The summed E-state index contributed by atoms with van der Waals surface area (Å²) in [4.78, 5) is -0.482. The number of hydrogen-bond donors (Lipinski definition) is 1. The zero-order valence-corrected chi connectivity index (χ0v) is 12.0. The standard InChI is InChI=1S/C13H18F2N2O2S/c1-9(16)10-3-2-6-17(8-10)20(18,19)13-5-4-11(14)7-12(13)15/h4-5,7,9-10H,2-3,6,8,16H2,1H3/t9-,10-/m0/s1. The van der Waals surface area contributed by atoms with E-state index < -0.39 is 26.6 Å². The molecule has 112 valence electrons. The van der Waals surface area contributed by atoms with Gasteiger partial charge in [-0.25, -0.2) is 17.2 Å². The fraction of sp³-hybridized carbons (Fsp3) is 0.538. The van der Waals surface area contributed by atoms with Crippen molar-refractivity contribution in [2.75, 3.05) is 13.1 Å². The number of halogens is 2. The van der Waals surface area contributed by atoms with Crippen molar-refractivity contribution in [1.29, 1.82) is 0 Å². The van der Waals surface area contributed by atoms with Crippen LogP contribution in [0.2, 0.25) is 0 Å². The lowest BCUT2D eigenvalue weighted by molar-refractivity contribution is 0.242. The number of hydrogen-bond acceptors (Lipinski definition) is 3. The first kappa shape index (κ1) is 15.3. The van der Waals surface area contributed by atoms with Crippen LogP contribution in [0.5, 0.6) is 0 Å². The molecule has 1 aliphatic rings. The highest BCUT2D eigenvalue weighted by Gasteiger charge is 2.33. The van der Waals surface area contributed by atoms with Crippen molar-refractivity contribution in [3.8, 4) is 0 Å². The minimum atomic E-state index is -3.94. The summed E-state index contributed by atoms with van der Waals surface area (Å²) >= 11 is 0. The Labute approximate surface area is 117 Å². The van der Waals surface area contributed by atoms with Gasteiger partial charge in [-0.3, -0.25) is 0 Å². The minimum Gasteiger partial charge on any atom is -0.328 e. The summed E-state index contributed by atoms with van der Waals surface area (Å²) < 4.78 is 52.6. The van der Waals surface area contributed by atoms with Gasteiger partial charge in [0.05, 0.1) is 0 Å². The topological polar surface area (TPSA) is 63.4 Å². The first-order chi connectivity index (χ1) is 9.32. The predicted octanol–water partition coefficient (Wildman–Crippen LogP) is 1.71. The van der Waals surface area contributed by atoms with Crippen molar-refractivity contribution in [1.82, 2.24) is 4.31 Å².